The predicted octanol–water partition coefficient (Wildman–Crippen LogP) is 4.34. The summed E-state index contributed by atoms with van der Waals surface area (Å²) >= 11 is 0. The van der Waals surface area contributed by atoms with Gasteiger partial charge in [-0.1, -0.05) is 19.1 Å². The van der Waals surface area contributed by atoms with Gasteiger partial charge in [-0.05, 0) is 80.5 Å². The molecular formula is C26H34FN3O3S. The maximum atomic E-state index is 13.2. The summed E-state index contributed by atoms with van der Waals surface area (Å²) in [5, 5.41) is 3.07. The van der Waals surface area contributed by atoms with Gasteiger partial charge in [-0.2, -0.15) is 4.31 Å². The number of halogens is 1. The highest BCUT2D eigenvalue weighted by atomic mass is 32.2. The molecule has 0 aromatic heterocycles. The molecule has 2 aliphatic heterocycles. The zero-order valence-corrected chi connectivity index (χ0v) is 20.7. The van der Waals surface area contributed by atoms with Crippen molar-refractivity contribution in [1.29, 1.82) is 0 Å². The van der Waals surface area contributed by atoms with Crippen LogP contribution in [-0.2, 0) is 14.8 Å². The maximum Gasteiger partial charge on any atom is 0.243 e. The lowest BCUT2D eigenvalue weighted by molar-refractivity contribution is -0.126. The number of carbonyl (C=O) groups is 1. The van der Waals surface area contributed by atoms with Crippen LogP contribution in [0.25, 0.3) is 0 Å². The Morgan fingerprint density at radius 2 is 1.65 bits per heavy atom. The normalized spacial score (nSPS) is 21.3. The van der Waals surface area contributed by atoms with Crippen molar-refractivity contribution in [1.82, 2.24) is 9.62 Å². The van der Waals surface area contributed by atoms with Gasteiger partial charge in [0, 0.05) is 31.9 Å². The van der Waals surface area contributed by atoms with Gasteiger partial charge in [-0.3, -0.25) is 4.79 Å². The number of anilines is 1. The van der Waals surface area contributed by atoms with E-state index in [4.69, 9.17) is 0 Å². The second-order valence-electron chi connectivity index (χ2n) is 9.65. The molecule has 34 heavy (non-hydrogen) atoms. The average molecular weight is 488 g/mol. The van der Waals surface area contributed by atoms with Crippen molar-refractivity contribution >= 4 is 21.6 Å². The van der Waals surface area contributed by atoms with Crippen LogP contribution in [0.1, 0.15) is 51.1 Å². The third-order valence-corrected chi connectivity index (χ3v) is 8.99. The highest BCUT2D eigenvalue weighted by molar-refractivity contribution is 7.89. The number of benzene rings is 2. The van der Waals surface area contributed by atoms with E-state index in [-0.39, 0.29) is 23.4 Å². The summed E-state index contributed by atoms with van der Waals surface area (Å²) < 4.78 is 40.5. The summed E-state index contributed by atoms with van der Waals surface area (Å²) in [6.07, 6.45) is 3.67. The number of rotatable bonds is 6. The molecule has 0 radical (unpaired) electrons. The van der Waals surface area contributed by atoms with Crippen molar-refractivity contribution < 1.29 is 17.6 Å². The lowest BCUT2D eigenvalue weighted by Crippen LogP contribution is -2.45. The Hall–Kier alpha value is -2.45. The summed E-state index contributed by atoms with van der Waals surface area (Å²) in [4.78, 5) is 15.4. The number of sulfonamides is 1. The van der Waals surface area contributed by atoms with Gasteiger partial charge in [0.05, 0.1) is 16.9 Å². The minimum Gasteiger partial charge on any atom is -0.372 e. The Labute approximate surface area is 202 Å². The molecule has 2 aromatic rings. The van der Waals surface area contributed by atoms with Crippen molar-refractivity contribution in [2.24, 2.45) is 11.8 Å². The number of nitrogens with zero attached hydrogens (tertiary/aromatic N) is 2. The van der Waals surface area contributed by atoms with Crippen LogP contribution in [0.4, 0.5) is 10.1 Å². The summed E-state index contributed by atoms with van der Waals surface area (Å²) in [5.41, 5.74) is 2.23. The van der Waals surface area contributed by atoms with E-state index in [2.05, 4.69) is 41.4 Å². The van der Waals surface area contributed by atoms with Crippen LogP contribution in [0.3, 0.4) is 0 Å². The maximum absolute atomic E-state index is 13.2. The molecule has 0 bridgehead atoms. The van der Waals surface area contributed by atoms with Gasteiger partial charge in [-0.25, -0.2) is 12.8 Å². The molecule has 6 nitrogen and oxygen atoms in total. The molecule has 8 heteroatoms. The van der Waals surface area contributed by atoms with Gasteiger partial charge in [0.15, 0.2) is 0 Å². The number of hydrogen-bond acceptors (Lipinski definition) is 4. The first-order valence-electron chi connectivity index (χ1n) is 12.1. The molecule has 0 unspecified atom stereocenters. The number of nitrogens with one attached hydrogen (secondary N) is 1. The van der Waals surface area contributed by atoms with Gasteiger partial charge in [-0.15, -0.1) is 0 Å². The highest BCUT2D eigenvalue weighted by Gasteiger charge is 2.33. The average Bonchev–Trinajstić information content (AvgIpc) is 2.85. The van der Waals surface area contributed by atoms with Crippen LogP contribution >= 0.6 is 0 Å². The zero-order chi connectivity index (χ0) is 24.3. The smallest absolute Gasteiger partial charge is 0.243 e. The Bertz CT molecular complexity index is 1080. The monoisotopic (exact) mass is 487 g/mol. The molecule has 0 saturated carbocycles. The Kier molecular flexibility index (Phi) is 7.57. The van der Waals surface area contributed by atoms with Crippen LogP contribution in [0.2, 0.25) is 0 Å². The molecule has 2 aliphatic rings. The number of amides is 1. The molecule has 4 rings (SSSR count). The Morgan fingerprint density at radius 1 is 1.00 bits per heavy atom. The second kappa shape index (κ2) is 10.4. The lowest BCUT2D eigenvalue weighted by Gasteiger charge is -2.32. The van der Waals surface area contributed by atoms with E-state index in [0.29, 0.717) is 19.4 Å². The van der Waals surface area contributed by atoms with E-state index >= 15 is 0 Å². The molecule has 0 aliphatic carbocycles. The minimum atomic E-state index is -3.76. The summed E-state index contributed by atoms with van der Waals surface area (Å²) in [5.74, 6) is -0.254. The topological polar surface area (TPSA) is 69.7 Å². The predicted molar refractivity (Wildman–Crippen MR) is 131 cm³/mol. The first kappa shape index (κ1) is 24.7. The van der Waals surface area contributed by atoms with Crippen LogP contribution < -0.4 is 10.2 Å². The van der Waals surface area contributed by atoms with Crippen molar-refractivity contribution in [2.75, 3.05) is 31.1 Å². The van der Waals surface area contributed by atoms with Crippen molar-refractivity contribution in [3.63, 3.8) is 0 Å². The first-order valence-corrected chi connectivity index (χ1v) is 13.6. The molecular weight excluding hydrogens is 453 g/mol. The van der Waals surface area contributed by atoms with Crippen LogP contribution in [0.5, 0.6) is 0 Å². The number of carbonyl (C=O) groups excluding carboxylic acids is 1. The fourth-order valence-corrected chi connectivity index (χ4v) is 6.31. The quantitative estimate of drug-likeness (QED) is 0.658. The van der Waals surface area contributed by atoms with Crippen LogP contribution in [-0.4, -0.2) is 44.8 Å². The van der Waals surface area contributed by atoms with E-state index in [1.807, 2.05) is 6.92 Å². The highest BCUT2D eigenvalue weighted by Crippen LogP contribution is 2.27. The molecule has 1 amide bonds. The number of hydrogen-bond donors (Lipinski definition) is 1. The summed E-state index contributed by atoms with van der Waals surface area (Å²) in [7, 11) is -3.76. The van der Waals surface area contributed by atoms with Gasteiger partial charge in [0.25, 0.3) is 0 Å². The molecule has 2 saturated heterocycles. The third kappa shape index (κ3) is 5.61. The molecule has 1 N–H and O–H groups in total. The van der Waals surface area contributed by atoms with Crippen molar-refractivity contribution in [3.05, 3.63) is 59.9 Å². The van der Waals surface area contributed by atoms with Crippen molar-refractivity contribution in [2.45, 2.75) is 50.5 Å². The van der Waals surface area contributed by atoms with E-state index < -0.39 is 21.8 Å². The van der Waals surface area contributed by atoms with E-state index in [0.717, 1.165) is 36.7 Å². The molecule has 2 aromatic carbocycles. The van der Waals surface area contributed by atoms with Gasteiger partial charge in [0.1, 0.15) is 5.82 Å². The minimum absolute atomic E-state index is 0.0478. The number of piperidine rings is 2. The lowest BCUT2D eigenvalue weighted by atomic mass is 9.97. The molecule has 2 heterocycles. The SMILES string of the molecule is CC1CCN(c2ccc([C@H](C)NC(=O)[C@H]3CCCN(S(=O)(=O)c4ccc(F)cc4)C3)cc2)CC1. The van der Waals surface area contributed by atoms with E-state index in [9.17, 15) is 17.6 Å². The van der Waals surface area contributed by atoms with Crippen LogP contribution in [0.15, 0.2) is 53.4 Å². The molecule has 184 valence electrons. The Balaban J connectivity index is 1.36. The third-order valence-electron chi connectivity index (χ3n) is 7.11. The Morgan fingerprint density at radius 3 is 2.29 bits per heavy atom. The fourth-order valence-electron chi connectivity index (χ4n) is 4.79. The van der Waals surface area contributed by atoms with Crippen molar-refractivity contribution in [3.8, 4) is 0 Å². The molecule has 0 spiro atoms. The zero-order valence-electron chi connectivity index (χ0n) is 19.9. The summed E-state index contributed by atoms with van der Waals surface area (Å²) in [6, 6.07) is 13.0. The molecule has 2 atom stereocenters. The summed E-state index contributed by atoms with van der Waals surface area (Å²) in [6.45, 7) is 6.89. The van der Waals surface area contributed by atoms with Gasteiger partial charge >= 0.3 is 0 Å². The first-order chi connectivity index (χ1) is 16.2. The second-order valence-corrected chi connectivity index (χ2v) is 11.6. The van der Waals surface area contributed by atoms with Gasteiger partial charge < -0.3 is 10.2 Å². The van der Waals surface area contributed by atoms with E-state index in [1.54, 1.807) is 0 Å². The van der Waals surface area contributed by atoms with E-state index in [1.165, 1.54) is 35.0 Å². The standard InChI is InChI=1S/C26H34FN3O3S/c1-19-13-16-29(17-14-19)24-9-5-21(6-10-24)20(2)28-26(31)22-4-3-15-30(18-22)34(32,33)25-11-7-23(27)8-12-25/h5-12,19-20,22H,3-4,13-18H2,1-2H3,(H,28,31)/t20-,22-/m0/s1. The largest absolute Gasteiger partial charge is 0.372 e. The van der Waals surface area contributed by atoms with Crippen LogP contribution in [0, 0.1) is 17.7 Å². The van der Waals surface area contributed by atoms with Gasteiger partial charge in [0.2, 0.25) is 15.9 Å². The molecule has 2 fully saturated rings. The fraction of sp³-hybridized carbons (Fsp3) is 0.500.